The SMILES string of the molecule is Cc1cc(C(=O)N2CCC(CCCC[P+](c3ccccc3)(c3ccccc3)c3ccccc3)CC2)ccc1C1=C2C=C(F)C(=O)C(F)=C2[Si](C)(C)c2c1cc(F)c(OS(=O)(=O)C(F)(F)F)c2F. The Morgan fingerprint density at radius 3 is 1.87 bits per heavy atom. The van der Waals surface area contributed by atoms with Gasteiger partial charge < -0.3 is 9.08 Å². The van der Waals surface area contributed by atoms with Gasteiger partial charge in [0, 0.05) is 18.7 Å². The fourth-order valence-corrected chi connectivity index (χ4v) is 18.2. The van der Waals surface area contributed by atoms with Gasteiger partial charge in [-0.05, 0) is 137 Å². The molecule has 1 aliphatic carbocycles. The molecule has 0 radical (unpaired) electrons. The van der Waals surface area contributed by atoms with Gasteiger partial charge in [-0.1, -0.05) is 80.2 Å². The number of piperidine rings is 1. The Bertz CT molecular complexity index is 2870. The van der Waals surface area contributed by atoms with Crippen molar-refractivity contribution in [1.29, 1.82) is 0 Å². The van der Waals surface area contributed by atoms with E-state index in [-0.39, 0.29) is 33.7 Å². The second kappa shape index (κ2) is 18.5. The molecule has 1 fully saturated rings. The summed E-state index contributed by atoms with van der Waals surface area (Å²) in [5, 5.41) is 3.03. The molecule has 3 aliphatic rings. The normalized spacial score (nSPS) is 16.7. The number of amides is 1. The molecule has 1 saturated heterocycles. The minimum Gasteiger partial charge on any atom is -0.370 e. The van der Waals surface area contributed by atoms with Gasteiger partial charge in [0.15, 0.2) is 23.3 Å². The Balaban J connectivity index is 1.01. The van der Waals surface area contributed by atoms with E-state index < -0.39 is 76.2 Å². The maximum absolute atomic E-state index is 16.5. The van der Waals surface area contributed by atoms with Gasteiger partial charge in [0.2, 0.25) is 11.5 Å². The van der Waals surface area contributed by atoms with Crippen LogP contribution in [-0.2, 0) is 14.9 Å². The van der Waals surface area contributed by atoms with Gasteiger partial charge in [0.25, 0.3) is 5.91 Å². The number of carbonyl (C=O) groups excluding carboxylic acids is 2. The summed E-state index contributed by atoms with van der Waals surface area (Å²) in [5.74, 6) is -10.1. The molecule has 1 amide bonds. The van der Waals surface area contributed by atoms with Crippen LogP contribution in [-0.4, -0.2) is 57.8 Å². The number of ketones is 1. The van der Waals surface area contributed by atoms with Crippen LogP contribution in [0.3, 0.4) is 0 Å². The molecular weight excluding hydrogens is 931 g/mol. The molecule has 0 saturated carbocycles. The molecule has 348 valence electrons. The van der Waals surface area contributed by atoms with Crippen molar-refractivity contribution in [2.45, 2.75) is 57.6 Å². The van der Waals surface area contributed by atoms with Crippen LogP contribution in [0.4, 0.5) is 30.7 Å². The third-order valence-electron chi connectivity index (χ3n) is 13.2. The third kappa shape index (κ3) is 8.74. The Kier molecular flexibility index (Phi) is 13.2. The van der Waals surface area contributed by atoms with Crippen LogP contribution in [0, 0.1) is 24.5 Å². The summed E-state index contributed by atoms with van der Waals surface area (Å²) in [6.45, 7) is 5.21. The average molecular weight is 977 g/mol. The highest BCUT2D eigenvalue weighted by molar-refractivity contribution is 7.95. The van der Waals surface area contributed by atoms with Crippen molar-refractivity contribution in [3.63, 3.8) is 0 Å². The minimum atomic E-state index is -6.56. The van der Waals surface area contributed by atoms with E-state index >= 15 is 17.6 Å². The largest absolute Gasteiger partial charge is 0.534 e. The first kappa shape index (κ1) is 47.8. The number of benzene rings is 5. The summed E-state index contributed by atoms with van der Waals surface area (Å²) < 4.78 is 131. The molecule has 2 heterocycles. The van der Waals surface area contributed by atoms with E-state index in [0.717, 1.165) is 44.3 Å². The maximum Gasteiger partial charge on any atom is 0.534 e. The van der Waals surface area contributed by atoms with Crippen molar-refractivity contribution < 1.29 is 52.9 Å². The number of aryl methyl sites for hydroxylation is 1. The number of alkyl halides is 3. The van der Waals surface area contributed by atoms with Crippen LogP contribution >= 0.6 is 7.26 Å². The molecule has 5 aromatic carbocycles. The number of Topliss-reactive ketones (excluding diaryl/α,β-unsaturated/α-hetero) is 1. The zero-order valence-electron chi connectivity index (χ0n) is 36.8. The summed E-state index contributed by atoms with van der Waals surface area (Å²) in [4.78, 5) is 28.4. The van der Waals surface area contributed by atoms with Crippen molar-refractivity contribution >= 4 is 63.8 Å². The number of allylic oxidation sites excluding steroid dienone is 5. The fourth-order valence-electron chi connectivity index (χ4n) is 9.96. The van der Waals surface area contributed by atoms with Gasteiger partial charge in [-0.3, -0.25) is 9.59 Å². The van der Waals surface area contributed by atoms with E-state index in [1.54, 1.807) is 11.8 Å². The van der Waals surface area contributed by atoms with Crippen LogP contribution in [0.1, 0.15) is 59.2 Å². The molecule has 0 N–H and O–H groups in total. The second-order valence-electron chi connectivity index (χ2n) is 17.6. The van der Waals surface area contributed by atoms with Crippen LogP contribution in [0.2, 0.25) is 13.1 Å². The van der Waals surface area contributed by atoms with Crippen molar-refractivity contribution in [2.24, 2.45) is 5.92 Å². The smallest absolute Gasteiger partial charge is 0.370 e. The zero-order chi connectivity index (χ0) is 48.1. The van der Waals surface area contributed by atoms with E-state index in [0.29, 0.717) is 30.6 Å². The number of hydrogen-bond donors (Lipinski definition) is 0. The van der Waals surface area contributed by atoms with Crippen LogP contribution < -0.4 is 25.3 Å². The number of nitrogens with zero attached hydrogens (tertiary/aromatic N) is 1. The molecule has 67 heavy (non-hydrogen) atoms. The van der Waals surface area contributed by atoms with Gasteiger partial charge in [0.05, 0.1) is 6.16 Å². The number of carbonyl (C=O) groups is 2. The summed E-state index contributed by atoms with van der Waals surface area (Å²) in [5.41, 5.74) is -6.01. The summed E-state index contributed by atoms with van der Waals surface area (Å²) in [6.07, 6.45) is 6.43. The molecule has 0 bridgehead atoms. The highest BCUT2D eigenvalue weighted by atomic mass is 32.2. The van der Waals surface area contributed by atoms with Gasteiger partial charge in [-0.2, -0.15) is 21.6 Å². The lowest BCUT2D eigenvalue weighted by Gasteiger charge is -2.38. The molecule has 8 rings (SSSR count). The first-order valence-corrected chi connectivity index (χ1v) is 28.2. The Labute approximate surface area is 386 Å². The highest BCUT2D eigenvalue weighted by Crippen LogP contribution is 2.56. The summed E-state index contributed by atoms with van der Waals surface area (Å²) >= 11 is 0. The topological polar surface area (TPSA) is 80.8 Å². The monoisotopic (exact) mass is 976 g/mol. The van der Waals surface area contributed by atoms with Crippen molar-refractivity contribution in [2.75, 3.05) is 19.3 Å². The predicted molar refractivity (Wildman–Crippen MR) is 251 cm³/mol. The van der Waals surface area contributed by atoms with E-state index in [2.05, 4.69) is 77.0 Å². The van der Waals surface area contributed by atoms with Crippen molar-refractivity contribution in [3.8, 4) is 5.75 Å². The third-order valence-corrected chi connectivity index (χ3v) is 22.2. The molecular formula is C51H46F7NO5PSSi+. The molecule has 5 aromatic rings. The Hall–Kier alpha value is -5.63. The van der Waals surface area contributed by atoms with Gasteiger partial charge >= 0.3 is 15.6 Å². The maximum atomic E-state index is 16.5. The first-order valence-electron chi connectivity index (χ1n) is 21.8. The minimum absolute atomic E-state index is 0.147. The lowest BCUT2D eigenvalue weighted by atomic mass is 9.86. The van der Waals surface area contributed by atoms with E-state index in [1.165, 1.54) is 47.2 Å². The van der Waals surface area contributed by atoms with E-state index in [9.17, 15) is 31.2 Å². The van der Waals surface area contributed by atoms with E-state index in [4.69, 9.17) is 0 Å². The van der Waals surface area contributed by atoms with Crippen molar-refractivity contribution in [1.82, 2.24) is 4.90 Å². The first-order chi connectivity index (χ1) is 31.8. The van der Waals surface area contributed by atoms with Crippen molar-refractivity contribution in [3.05, 3.63) is 178 Å². The zero-order valence-corrected chi connectivity index (χ0v) is 39.5. The predicted octanol–water partition coefficient (Wildman–Crippen LogP) is 10.4. The molecule has 0 aromatic heterocycles. The molecule has 16 heteroatoms. The summed E-state index contributed by atoms with van der Waals surface area (Å²) in [7, 11) is -12.5. The Morgan fingerprint density at radius 2 is 1.34 bits per heavy atom. The number of likely N-dealkylation sites (tertiary alicyclic amines) is 1. The lowest BCUT2D eigenvalue weighted by Crippen LogP contribution is -2.52. The standard InChI is InChI=1S/C51H46F7NO5PSSi/c1-32-29-34(50(61)59-26-24-33(25-27-59)15-13-14-28-65(35-16-7-4-8-17-35,36-18-9-5-10-19-36)37-20-11-6-12-21-37)22-23-38(32)43-39-30-41(52)46(60)44(54)48(39)67(2,3)49-40(43)31-42(53)47(45(49)55)64-66(62,63)51(56,57)58/h4-12,16-23,29-31,33H,13-15,24-28H2,1-3H3/q+1. The van der Waals surface area contributed by atoms with Crippen LogP contribution in [0.15, 0.2) is 144 Å². The Morgan fingerprint density at radius 1 is 0.791 bits per heavy atom. The molecule has 0 spiro atoms. The quantitative estimate of drug-likeness (QED) is 0.0311. The number of unbranched alkanes of at least 4 members (excludes halogenated alkanes) is 1. The van der Waals surface area contributed by atoms with Gasteiger partial charge in [-0.15, -0.1) is 0 Å². The molecule has 6 nitrogen and oxygen atoms in total. The highest BCUT2D eigenvalue weighted by Gasteiger charge is 2.52. The second-order valence-corrected chi connectivity index (χ2v) is 27.0. The average Bonchev–Trinajstić information content (AvgIpc) is 3.30. The van der Waals surface area contributed by atoms with Gasteiger partial charge in [-0.25, -0.2) is 17.6 Å². The lowest BCUT2D eigenvalue weighted by molar-refractivity contribution is -0.115. The molecule has 0 unspecified atom stereocenters. The number of rotatable bonds is 12. The molecule has 2 aliphatic heterocycles. The van der Waals surface area contributed by atoms with Gasteiger partial charge in [0.1, 0.15) is 31.2 Å². The van der Waals surface area contributed by atoms with E-state index in [1.807, 2.05) is 18.2 Å². The summed E-state index contributed by atoms with van der Waals surface area (Å²) in [6, 6.07) is 37.3. The number of fused-ring (bicyclic) bond motifs is 2. The number of halogens is 7. The fraction of sp³-hybridized carbons (Fsp3) is 0.255. The van der Waals surface area contributed by atoms with Crippen LogP contribution in [0.5, 0.6) is 5.75 Å². The molecule has 0 atom stereocenters. The number of hydrogen-bond acceptors (Lipinski definition) is 5. The van der Waals surface area contributed by atoms with Crippen LogP contribution in [0.25, 0.3) is 5.57 Å².